The fourth-order valence-corrected chi connectivity index (χ4v) is 3.82. The van der Waals surface area contributed by atoms with Gasteiger partial charge in [-0.3, -0.25) is 10.1 Å². The first-order valence-corrected chi connectivity index (χ1v) is 10.3. The van der Waals surface area contributed by atoms with Gasteiger partial charge >= 0.3 is 6.01 Å². The first-order valence-electron chi connectivity index (χ1n) is 8.63. The molecule has 1 heterocycles. The lowest BCUT2D eigenvalue weighted by Crippen LogP contribution is -2.14. The number of hydrogen-bond donors (Lipinski definition) is 1. The van der Waals surface area contributed by atoms with E-state index in [-0.39, 0.29) is 35.4 Å². The van der Waals surface area contributed by atoms with Gasteiger partial charge in [-0.05, 0) is 48.9 Å². The zero-order valence-corrected chi connectivity index (χ0v) is 16.3. The van der Waals surface area contributed by atoms with Crippen LogP contribution < -0.4 is 10.1 Å². The van der Waals surface area contributed by atoms with Crippen LogP contribution in [0.4, 0.5) is 10.4 Å². The van der Waals surface area contributed by atoms with Gasteiger partial charge in [0.2, 0.25) is 11.8 Å². The highest BCUT2D eigenvalue weighted by Crippen LogP contribution is 2.24. The van der Waals surface area contributed by atoms with E-state index in [1.807, 2.05) is 0 Å². The molecule has 1 amide bonds. The number of sulfone groups is 1. The molecule has 29 heavy (non-hydrogen) atoms. The predicted octanol–water partition coefficient (Wildman–Crippen LogP) is 3.08. The van der Waals surface area contributed by atoms with Gasteiger partial charge < -0.3 is 9.15 Å². The molecular formula is C19H18FN3O5S. The summed E-state index contributed by atoms with van der Waals surface area (Å²) in [5, 5.41) is 10.1. The largest absolute Gasteiger partial charge is 0.497 e. The van der Waals surface area contributed by atoms with E-state index in [9.17, 15) is 17.6 Å². The topological polar surface area (TPSA) is 111 Å². The third-order valence-electron chi connectivity index (χ3n) is 3.98. The molecule has 0 aliphatic carbocycles. The molecule has 3 rings (SSSR count). The highest BCUT2D eigenvalue weighted by Gasteiger charge is 2.16. The van der Waals surface area contributed by atoms with Crippen molar-refractivity contribution in [3.05, 3.63) is 54.3 Å². The van der Waals surface area contributed by atoms with Gasteiger partial charge in [-0.15, -0.1) is 5.10 Å². The molecule has 0 saturated heterocycles. The summed E-state index contributed by atoms with van der Waals surface area (Å²) in [5.41, 5.74) is 0.628. The molecule has 0 spiro atoms. The fraction of sp³-hybridized carbons (Fsp3) is 0.211. The number of ether oxygens (including phenoxy) is 1. The Morgan fingerprint density at radius 1 is 1.17 bits per heavy atom. The van der Waals surface area contributed by atoms with Crippen LogP contribution in [-0.4, -0.2) is 37.4 Å². The number of aromatic nitrogens is 2. The van der Waals surface area contributed by atoms with E-state index in [2.05, 4.69) is 15.5 Å². The van der Waals surface area contributed by atoms with Crippen LogP contribution in [0.25, 0.3) is 11.5 Å². The van der Waals surface area contributed by atoms with Crippen molar-refractivity contribution in [1.82, 2.24) is 10.2 Å². The van der Waals surface area contributed by atoms with Crippen LogP contribution in [0.2, 0.25) is 0 Å². The Morgan fingerprint density at radius 2 is 1.93 bits per heavy atom. The normalized spacial score (nSPS) is 11.2. The van der Waals surface area contributed by atoms with Crippen LogP contribution >= 0.6 is 0 Å². The molecule has 0 bridgehead atoms. The monoisotopic (exact) mass is 419 g/mol. The van der Waals surface area contributed by atoms with Crippen LogP contribution in [0, 0.1) is 5.82 Å². The molecule has 0 atom stereocenters. The summed E-state index contributed by atoms with van der Waals surface area (Å²) >= 11 is 0. The van der Waals surface area contributed by atoms with Crippen LogP contribution in [0.15, 0.2) is 57.8 Å². The Hall–Kier alpha value is -3.27. The maximum atomic E-state index is 12.9. The summed E-state index contributed by atoms with van der Waals surface area (Å²) in [6.45, 7) is 0. The number of nitrogens with zero attached hydrogens (tertiary/aromatic N) is 2. The summed E-state index contributed by atoms with van der Waals surface area (Å²) in [5.74, 6) is -0.395. The van der Waals surface area contributed by atoms with Gasteiger partial charge in [-0.25, -0.2) is 12.8 Å². The van der Waals surface area contributed by atoms with Gasteiger partial charge in [-0.2, -0.15) is 0 Å². The summed E-state index contributed by atoms with van der Waals surface area (Å²) in [6.07, 6.45) is 0.0275. The molecule has 10 heteroatoms. The summed E-state index contributed by atoms with van der Waals surface area (Å²) < 4.78 is 47.8. The van der Waals surface area contributed by atoms with Crippen LogP contribution in [0.3, 0.4) is 0 Å². The molecule has 0 radical (unpaired) electrons. The summed E-state index contributed by atoms with van der Waals surface area (Å²) in [4.78, 5) is 12.0. The van der Waals surface area contributed by atoms with E-state index >= 15 is 0 Å². The third-order valence-corrected chi connectivity index (χ3v) is 5.79. The Balaban J connectivity index is 1.53. The van der Waals surface area contributed by atoms with Gasteiger partial charge in [0.1, 0.15) is 11.6 Å². The third kappa shape index (κ3) is 5.38. The van der Waals surface area contributed by atoms with Gasteiger partial charge in [-0.1, -0.05) is 11.2 Å². The van der Waals surface area contributed by atoms with Crippen molar-refractivity contribution >= 4 is 21.8 Å². The van der Waals surface area contributed by atoms with Crippen molar-refractivity contribution in [2.24, 2.45) is 0 Å². The zero-order chi connectivity index (χ0) is 20.9. The van der Waals surface area contributed by atoms with Crippen molar-refractivity contribution in [1.29, 1.82) is 0 Å². The van der Waals surface area contributed by atoms with E-state index in [0.29, 0.717) is 11.3 Å². The summed E-state index contributed by atoms with van der Waals surface area (Å²) in [6, 6.07) is 11.5. The van der Waals surface area contributed by atoms with E-state index in [1.54, 1.807) is 24.3 Å². The lowest BCUT2D eigenvalue weighted by Gasteiger charge is -2.04. The molecule has 0 saturated carbocycles. The molecule has 0 unspecified atom stereocenters. The fourth-order valence-electron chi connectivity index (χ4n) is 2.51. The van der Waals surface area contributed by atoms with Crippen molar-refractivity contribution in [2.75, 3.05) is 18.2 Å². The van der Waals surface area contributed by atoms with Crippen molar-refractivity contribution in [2.45, 2.75) is 17.7 Å². The van der Waals surface area contributed by atoms with Crippen molar-refractivity contribution in [3.8, 4) is 17.2 Å². The van der Waals surface area contributed by atoms with Gasteiger partial charge in [0.25, 0.3) is 0 Å². The molecule has 8 nitrogen and oxygen atoms in total. The highest BCUT2D eigenvalue weighted by molar-refractivity contribution is 7.91. The van der Waals surface area contributed by atoms with E-state index in [4.69, 9.17) is 9.15 Å². The van der Waals surface area contributed by atoms with E-state index < -0.39 is 21.6 Å². The minimum atomic E-state index is -3.59. The molecule has 0 fully saturated rings. The Bertz CT molecular complexity index is 1100. The molecule has 0 aliphatic heterocycles. The molecule has 0 aliphatic rings. The number of nitrogens with one attached hydrogen (secondary N) is 1. The molecule has 152 valence electrons. The second kappa shape index (κ2) is 8.82. The van der Waals surface area contributed by atoms with Crippen LogP contribution in [-0.2, 0) is 14.6 Å². The maximum Gasteiger partial charge on any atom is 0.322 e. The van der Waals surface area contributed by atoms with Gasteiger partial charge in [0, 0.05) is 12.0 Å². The second-order valence-electron chi connectivity index (χ2n) is 6.07. The van der Waals surface area contributed by atoms with Crippen LogP contribution in [0.1, 0.15) is 12.8 Å². The number of benzene rings is 2. The van der Waals surface area contributed by atoms with E-state index in [1.165, 1.54) is 19.2 Å². The Kier molecular flexibility index (Phi) is 6.23. The maximum absolute atomic E-state index is 12.9. The molecule has 2 aromatic carbocycles. The minimum absolute atomic E-state index is 0.0131. The number of halogens is 1. The predicted molar refractivity (Wildman–Crippen MR) is 103 cm³/mol. The minimum Gasteiger partial charge on any atom is -0.497 e. The lowest BCUT2D eigenvalue weighted by molar-refractivity contribution is -0.116. The summed E-state index contributed by atoms with van der Waals surface area (Å²) in [7, 11) is -2.06. The molecule has 1 aromatic heterocycles. The second-order valence-corrected chi connectivity index (χ2v) is 8.18. The Labute approximate surface area is 166 Å². The smallest absolute Gasteiger partial charge is 0.322 e. The van der Waals surface area contributed by atoms with Gasteiger partial charge in [0.05, 0.1) is 17.8 Å². The number of rotatable bonds is 8. The quantitative estimate of drug-likeness (QED) is 0.559. The number of anilines is 1. The molecule has 3 aromatic rings. The van der Waals surface area contributed by atoms with E-state index in [0.717, 1.165) is 12.1 Å². The number of hydrogen-bond acceptors (Lipinski definition) is 7. The number of carbonyl (C=O) groups is 1. The average molecular weight is 419 g/mol. The molecular weight excluding hydrogens is 401 g/mol. The first-order chi connectivity index (χ1) is 13.9. The zero-order valence-electron chi connectivity index (χ0n) is 15.5. The van der Waals surface area contributed by atoms with Crippen molar-refractivity contribution < 1.29 is 26.8 Å². The van der Waals surface area contributed by atoms with Crippen LogP contribution in [0.5, 0.6) is 5.75 Å². The lowest BCUT2D eigenvalue weighted by atomic mass is 10.2. The number of methoxy groups -OCH3 is 1. The standard InChI is InChI=1S/C19H18FN3O5S/c1-27-15-5-2-4-13(12-15)18-22-23-19(28-18)21-17(24)6-3-11-29(25,26)16-9-7-14(20)8-10-16/h2,4-5,7-10,12H,3,6,11H2,1H3,(H,21,23,24). The Morgan fingerprint density at radius 3 is 2.66 bits per heavy atom. The van der Waals surface area contributed by atoms with Crippen molar-refractivity contribution in [3.63, 3.8) is 0 Å². The average Bonchev–Trinajstić information content (AvgIpc) is 3.16. The SMILES string of the molecule is COc1cccc(-c2nnc(NC(=O)CCCS(=O)(=O)c3ccc(F)cc3)o2)c1. The van der Waals surface area contributed by atoms with Gasteiger partial charge in [0.15, 0.2) is 9.84 Å². The molecule has 1 N–H and O–H groups in total. The number of carbonyl (C=O) groups excluding carboxylic acids is 1. The highest BCUT2D eigenvalue weighted by atomic mass is 32.2. The number of amides is 1. The first kappa shape index (κ1) is 20.5.